The molecule has 4 N–H and O–H groups in total. The van der Waals surface area contributed by atoms with Crippen molar-refractivity contribution in [1.82, 2.24) is 24.8 Å². The number of aromatic nitrogens is 1. The van der Waals surface area contributed by atoms with Crippen LogP contribution in [0.4, 0.5) is 4.79 Å². The van der Waals surface area contributed by atoms with Gasteiger partial charge in [0.15, 0.2) is 0 Å². The fourth-order valence-corrected chi connectivity index (χ4v) is 7.98. The number of carbonyl (C=O) groups is 4. The number of ether oxygens (including phenoxy) is 1. The van der Waals surface area contributed by atoms with Crippen LogP contribution in [0, 0.1) is 17.3 Å². The van der Waals surface area contributed by atoms with Gasteiger partial charge in [-0.3, -0.25) is 19.1 Å². The third-order valence-corrected chi connectivity index (χ3v) is 11.5. The fourth-order valence-electron chi connectivity index (χ4n) is 6.61. The summed E-state index contributed by atoms with van der Waals surface area (Å²) in [7, 11) is -3.90. The molecule has 1 aliphatic heterocycles. The molecule has 5 rings (SSSR count). The molecule has 13 nitrogen and oxygen atoms in total. The second-order valence-corrected chi connectivity index (χ2v) is 17.8. The third-order valence-electron chi connectivity index (χ3n) is 9.65. The molecule has 3 fully saturated rings. The van der Waals surface area contributed by atoms with Crippen molar-refractivity contribution >= 4 is 39.5 Å². The predicted octanol–water partition coefficient (Wildman–Crippen LogP) is 2.85. The van der Waals surface area contributed by atoms with Crippen LogP contribution in [0.5, 0.6) is 0 Å². The van der Waals surface area contributed by atoms with E-state index in [9.17, 15) is 32.7 Å². The van der Waals surface area contributed by atoms with Crippen molar-refractivity contribution < 1.29 is 37.4 Å². The van der Waals surface area contributed by atoms with E-state index in [1.165, 1.54) is 11.0 Å². The van der Waals surface area contributed by atoms with Crippen molar-refractivity contribution in [3.8, 4) is 0 Å². The van der Waals surface area contributed by atoms with Gasteiger partial charge < -0.3 is 29.9 Å². The Morgan fingerprint density at radius 3 is 2.24 bits per heavy atom. The Labute approximate surface area is 288 Å². The van der Waals surface area contributed by atoms with Gasteiger partial charge in [0, 0.05) is 36.3 Å². The van der Waals surface area contributed by atoms with Gasteiger partial charge in [-0.15, -0.1) is 6.58 Å². The molecule has 1 aromatic rings. The molecule has 4 aliphatic rings. The van der Waals surface area contributed by atoms with Crippen LogP contribution in [-0.4, -0.2) is 87.4 Å². The zero-order chi connectivity index (χ0) is 36.2. The molecule has 3 aliphatic carbocycles. The van der Waals surface area contributed by atoms with Crippen LogP contribution in [0.25, 0.3) is 5.70 Å². The van der Waals surface area contributed by atoms with E-state index in [4.69, 9.17) is 4.74 Å². The molecular formula is C35H49N5O8S. The molecule has 0 aromatic carbocycles. The number of hydrogen-bond acceptors (Lipinski definition) is 8. The first-order valence-corrected chi connectivity index (χ1v) is 18.3. The summed E-state index contributed by atoms with van der Waals surface area (Å²) in [5, 5.41) is 17.0. The van der Waals surface area contributed by atoms with Crippen molar-refractivity contribution in [3.63, 3.8) is 0 Å². The van der Waals surface area contributed by atoms with Crippen molar-refractivity contribution in [2.45, 2.75) is 108 Å². The Kier molecular flexibility index (Phi) is 9.47. The van der Waals surface area contributed by atoms with Crippen LogP contribution in [0.3, 0.4) is 0 Å². The highest BCUT2D eigenvalue weighted by atomic mass is 32.2. The topological polar surface area (TPSA) is 176 Å². The Morgan fingerprint density at radius 2 is 1.73 bits per heavy atom. The summed E-state index contributed by atoms with van der Waals surface area (Å²) in [6.07, 6.45) is 11.5. The van der Waals surface area contributed by atoms with E-state index in [-0.39, 0.29) is 19.4 Å². The summed E-state index contributed by atoms with van der Waals surface area (Å²) < 4.78 is 34.8. The standard InChI is InChI=1S/C35H49N5O8S/c1-8-22-19-35(22,30(43)38-49(46,47)25-15-16-25)37-28(41)26-20-34(45,23-11-13-24(14-12-23)39-17-9-10-18-39)21-40(26)29(42)27(32(2,3)4)36-31(44)48-33(5,6)7/h8-11,13-14,17-18,22-23,25-27,45H,1,12,15-16,19-21H2,2-7H3,(H,36,44)(H,37,41)(H,38,43)/t22-,23?,26+,27-,34+,35-/m1/s1. The van der Waals surface area contributed by atoms with Crippen LogP contribution in [-0.2, 0) is 29.1 Å². The molecule has 49 heavy (non-hydrogen) atoms. The third kappa shape index (κ3) is 7.80. The van der Waals surface area contributed by atoms with Crippen LogP contribution in [0.15, 0.2) is 55.4 Å². The van der Waals surface area contributed by atoms with E-state index in [0.29, 0.717) is 19.3 Å². The zero-order valence-corrected chi connectivity index (χ0v) is 29.9. The Hall–Kier alpha value is -3.91. The highest BCUT2D eigenvalue weighted by molar-refractivity contribution is 7.91. The number of hydrogen-bond donors (Lipinski definition) is 4. The second kappa shape index (κ2) is 12.8. The lowest BCUT2D eigenvalue weighted by molar-refractivity contribution is -0.143. The Morgan fingerprint density at radius 1 is 1.08 bits per heavy atom. The summed E-state index contributed by atoms with van der Waals surface area (Å²) in [4.78, 5) is 56.3. The molecule has 1 unspecified atom stereocenters. The average molecular weight is 700 g/mol. The van der Waals surface area contributed by atoms with Crippen LogP contribution in [0.1, 0.15) is 73.6 Å². The van der Waals surface area contributed by atoms with Crippen LogP contribution >= 0.6 is 0 Å². The Bertz CT molecular complexity index is 1670. The lowest BCUT2D eigenvalue weighted by atomic mass is 9.80. The average Bonchev–Trinajstić information content (AvgIpc) is 3.88. The van der Waals surface area contributed by atoms with Crippen molar-refractivity contribution in [2.75, 3.05) is 6.54 Å². The first kappa shape index (κ1) is 36.4. The number of rotatable bonds is 10. The zero-order valence-electron chi connectivity index (χ0n) is 29.1. The van der Waals surface area contributed by atoms with Gasteiger partial charge in [-0.2, -0.15) is 0 Å². The summed E-state index contributed by atoms with van der Waals surface area (Å²) in [6, 6.07) is 1.41. The minimum atomic E-state index is -3.90. The van der Waals surface area contributed by atoms with E-state index in [1.54, 1.807) is 41.5 Å². The van der Waals surface area contributed by atoms with Crippen molar-refractivity contribution in [1.29, 1.82) is 0 Å². The minimum Gasteiger partial charge on any atom is -0.444 e. The lowest BCUT2D eigenvalue weighted by Crippen LogP contribution is -2.60. The molecule has 0 radical (unpaired) electrons. The highest BCUT2D eigenvalue weighted by Crippen LogP contribution is 2.46. The van der Waals surface area contributed by atoms with E-state index in [0.717, 1.165) is 5.70 Å². The molecule has 4 amide bonds. The van der Waals surface area contributed by atoms with Gasteiger partial charge in [0.2, 0.25) is 21.8 Å². The molecule has 0 spiro atoms. The molecule has 1 saturated heterocycles. The number of allylic oxidation sites excluding steroid dienone is 3. The lowest BCUT2D eigenvalue weighted by Gasteiger charge is -2.36. The second-order valence-electron chi connectivity index (χ2n) is 15.8. The maximum absolute atomic E-state index is 14.4. The van der Waals surface area contributed by atoms with Crippen molar-refractivity contribution in [3.05, 3.63) is 55.4 Å². The van der Waals surface area contributed by atoms with Crippen molar-refractivity contribution in [2.24, 2.45) is 17.3 Å². The molecule has 1 aromatic heterocycles. The molecule has 2 saturated carbocycles. The monoisotopic (exact) mass is 699 g/mol. The van der Waals surface area contributed by atoms with Gasteiger partial charge in [0.05, 0.1) is 17.4 Å². The maximum atomic E-state index is 14.4. The Balaban J connectivity index is 1.43. The number of nitrogens with one attached hydrogen (secondary N) is 3. The highest BCUT2D eigenvalue weighted by Gasteiger charge is 2.63. The minimum absolute atomic E-state index is 0.127. The molecule has 6 atom stereocenters. The maximum Gasteiger partial charge on any atom is 0.408 e. The number of carbonyl (C=O) groups excluding carboxylic acids is 4. The molecule has 2 heterocycles. The largest absolute Gasteiger partial charge is 0.444 e. The van der Waals surface area contributed by atoms with Gasteiger partial charge in [0.1, 0.15) is 23.2 Å². The smallest absolute Gasteiger partial charge is 0.408 e. The van der Waals surface area contributed by atoms with Crippen LogP contribution in [0.2, 0.25) is 0 Å². The summed E-state index contributed by atoms with van der Waals surface area (Å²) in [5.41, 5.74) is -3.88. The van der Waals surface area contributed by atoms with Gasteiger partial charge >= 0.3 is 6.09 Å². The number of β-amino-alcohol motifs (C(OH)–C–C–N with tert-alkyl or cyclic N) is 1. The summed E-state index contributed by atoms with van der Waals surface area (Å²) >= 11 is 0. The molecule has 14 heteroatoms. The molecule has 0 bridgehead atoms. The van der Waals surface area contributed by atoms with Gasteiger partial charge in [-0.25, -0.2) is 13.2 Å². The number of sulfonamides is 1. The number of alkyl carbamates (subject to hydrolysis) is 1. The molecule has 268 valence electrons. The summed E-state index contributed by atoms with van der Waals surface area (Å²) in [6.45, 7) is 13.9. The number of likely N-dealkylation sites (tertiary alicyclic amines) is 1. The first-order valence-electron chi connectivity index (χ1n) is 16.7. The SMILES string of the molecule is C=C[C@@H]1C[C@]1(NC(=O)[C@@H]1C[C@@](O)(C2C=CC(n3cccc3)=CC2)CN1C(=O)[C@@H](NC(=O)OC(C)(C)C)C(C)(C)C)C(=O)NS(=O)(=O)C1CC1. The number of amides is 4. The first-order chi connectivity index (χ1) is 22.7. The number of aliphatic hydroxyl groups is 1. The van der Waals surface area contributed by atoms with E-state index in [1.807, 2.05) is 47.3 Å². The fraction of sp³-hybridized carbons (Fsp3) is 0.600. The van der Waals surface area contributed by atoms with Crippen LogP contribution < -0.4 is 15.4 Å². The van der Waals surface area contributed by atoms with E-state index >= 15 is 0 Å². The van der Waals surface area contributed by atoms with Gasteiger partial charge in [-0.1, -0.05) is 39.0 Å². The quantitative estimate of drug-likeness (QED) is 0.270. The van der Waals surface area contributed by atoms with E-state index < -0.39 is 85.2 Å². The van der Waals surface area contributed by atoms with Gasteiger partial charge in [-0.05, 0) is 70.1 Å². The number of nitrogens with zero attached hydrogens (tertiary/aromatic N) is 2. The van der Waals surface area contributed by atoms with E-state index in [2.05, 4.69) is 21.9 Å². The molecular weight excluding hydrogens is 650 g/mol. The predicted molar refractivity (Wildman–Crippen MR) is 183 cm³/mol. The summed E-state index contributed by atoms with van der Waals surface area (Å²) in [5.74, 6) is -3.19. The normalized spacial score (nSPS) is 29.0. The van der Waals surface area contributed by atoms with Gasteiger partial charge in [0.25, 0.3) is 5.91 Å².